The Balaban J connectivity index is 1.81. The van der Waals surface area contributed by atoms with Crippen LogP contribution in [0.3, 0.4) is 0 Å². The number of hydrogen-bond acceptors (Lipinski definition) is 6. The highest BCUT2D eigenvalue weighted by atomic mass is 35.5. The van der Waals surface area contributed by atoms with Crippen LogP contribution in [0.4, 0.5) is 11.5 Å². The molecular weight excluding hydrogens is 368 g/mol. The lowest BCUT2D eigenvalue weighted by atomic mass is 10.2. The van der Waals surface area contributed by atoms with Crippen LogP contribution in [0, 0.1) is 13.8 Å². The quantitative estimate of drug-likeness (QED) is 0.665. The van der Waals surface area contributed by atoms with Gasteiger partial charge >= 0.3 is 0 Å². The Kier molecular flexibility index (Phi) is 5.61. The second-order valence-corrected chi connectivity index (χ2v) is 6.28. The maximum Gasteiger partial charge on any atom is 0.270 e. The number of carbonyl (C=O) groups is 1. The SMILES string of the molecule is COc1cc(Cl)c(C)cc1Nc1cc(C(=O)NCc2ccco2)nc(C)n1. The van der Waals surface area contributed by atoms with Gasteiger partial charge in [-0.3, -0.25) is 4.79 Å². The Morgan fingerprint density at radius 1 is 1.26 bits per heavy atom. The van der Waals surface area contributed by atoms with Crippen molar-refractivity contribution in [2.24, 2.45) is 0 Å². The maximum atomic E-state index is 12.4. The Hall–Kier alpha value is -3.06. The van der Waals surface area contributed by atoms with Gasteiger partial charge in [-0.25, -0.2) is 9.97 Å². The van der Waals surface area contributed by atoms with E-state index < -0.39 is 0 Å². The first-order valence-corrected chi connectivity index (χ1v) is 8.61. The summed E-state index contributed by atoms with van der Waals surface area (Å²) in [6.07, 6.45) is 1.56. The first kappa shape index (κ1) is 18.7. The summed E-state index contributed by atoms with van der Waals surface area (Å²) >= 11 is 6.14. The Labute approximate surface area is 161 Å². The minimum absolute atomic E-state index is 0.251. The molecule has 8 heteroatoms. The summed E-state index contributed by atoms with van der Waals surface area (Å²) in [5.41, 5.74) is 1.84. The first-order valence-electron chi connectivity index (χ1n) is 8.23. The van der Waals surface area contributed by atoms with Crippen LogP contribution in [-0.2, 0) is 6.54 Å². The molecule has 0 radical (unpaired) electrons. The summed E-state index contributed by atoms with van der Waals surface area (Å²) in [6, 6.07) is 8.71. The molecule has 0 saturated carbocycles. The van der Waals surface area contributed by atoms with Crippen molar-refractivity contribution in [1.82, 2.24) is 15.3 Å². The fourth-order valence-electron chi connectivity index (χ4n) is 2.49. The van der Waals surface area contributed by atoms with Crippen molar-refractivity contribution < 1.29 is 13.9 Å². The topological polar surface area (TPSA) is 89.3 Å². The molecule has 0 bridgehead atoms. The Morgan fingerprint density at radius 3 is 2.78 bits per heavy atom. The van der Waals surface area contributed by atoms with E-state index in [1.54, 1.807) is 44.6 Å². The molecule has 0 unspecified atom stereocenters. The van der Waals surface area contributed by atoms with Gasteiger partial charge in [0.15, 0.2) is 0 Å². The van der Waals surface area contributed by atoms with Crippen LogP contribution in [0.15, 0.2) is 41.0 Å². The summed E-state index contributed by atoms with van der Waals surface area (Å²) < 4.78 is 10.6. The van der Waals surface area contributed by atoms with Crippen molar-refractivity contribution >= 4 is 29.0 Å². The second kappa shape index (κ2) is 8.09. The Morgan fingerprint density at radius 2 is 2.07 bits per heavy atom. The van der Waals surface area contributed by atoms with Gasteiger partial charge in [0, 0.05) is 17.2 Å². The predicted molar refractivity (Wildman–Crippen MR) is 103 cm³/mol. The molecule has 27 heavy (non-hydrogen) atoms. The van der Waals surface area contributed by atoms with E-state index in [0.29, 0.717) is 33.9 Å². The molecule has 0 spiro atoms. The zero-order valence-corrected chi connectivity index (χ0v) is 15.9. The summed E-state index contributed by atoms with van der Waals surface area (Å²) in [7, 11) is 1.56. The maximum absolute atomic E-state index is 12.4. The van der Waals surface area contributed by atoms with Gasteiger partial charge in [-0.15, -0.1) is 0 Å². The normalized spacial score (nSPS) is 10.5. The van der Waals surface area contributed by atoms with Crippen molar-refractivity contribution in [2.75, 3.05) is 12.4 Å². The van der Waals surface area contributed by atoms with Crippen molar-refractivity contribution in [2.45, 2.75) is 20.4 Å². The van der Waals surface area contributed by atoms with Gasteiger partial charge in [-0.1, -0.05) is 11.6 Å². The van der Waals surface area contributed by atoms with Crippen molar-refractivity contribution in [1.29, 1.82) is 0 Å². The van der Waals surface area contributed by atoms with Crippen LogP contribution in [0.5, 0.6) is 5.75 Å². The smallest absolute Gasteiger partial charge is 0.270 e. The number of nitrogens with one attached hydrogen (secondary N) is 2. The first-order chi connectivity index (χ1) is 13.0. The summed E-state index contributed by atoms with van der Waals surface area (Å²) in [5, 5.41) is 6.54. The number of benzene rings is 1. The largest absolute Gasteiger partial charge is 0.495 e. The standard InChI is InChI=1S/C19H19ClN4O3/c1-11-7-15(17(26-3)8-14(11)20)24-18-9-16(22-12(2)23-18)19(25)21-10-13-5-4-6-27-13/h4-9H,10H2,1-3H3,(H,21,25)(H,22,23,24). The van der Waals surface area contributed by atoms with E-state index in [4.69, 9.17) is 20.8 Å². The average Bonchev–Trinajstić information content (AvgIpc) is 3.15. The van der Waals surface area contributed by atoms with Gasteiger partial charge in [0.05, 0.1) is 25.6 Å². The molecule has 0 fully saturated rings. The molecule has 2 aromatic heterocycles. The van der Waals surface area contributed by atoms with E-state index >= 15 is 0 Å². The molecule has 7 nitrogen and oxygen atoms in total. The third-order valence-corrected chi connectivity index (χ3v) is 4.22. The lowest BCUT2D eigenvalue weighted by Crippen LogP contribution is -2.24. The molecular formula is C19H19ClN4O3. The van der Waals surface area contributed by atoms with E-state index in [0.717, 1.165) is 5.56 Å². The minimum Gasteiger partial charge on any atom is -0.495 e. The van der Waals surface area contributed by atoms with Gasteiger partial charge in [0.25, 0.3) is 5.91 Å². The van der Waals surface area contributed by atoms with Crippen LogP contribution in [0.1, 0.15) is 27.6 Å². The average molecular weight is 387 g/mol. The summed E-state index contributed by atoms with van der Waals surface area (Å²) in [5.74, 6) is 1.86. The molecule has 140 valence electrons. The van der Waals surface area contributed by atoms with E-state index in [9.17, 15) is 4.79 Å². The minimum atomic E-state index is -0.320. The summed E-state index contributed by atoms with van der Waals surface area (Å²) in [6.45, 7) is 3.90. The number of carbonyl (C=O) groups excluding carboxylic acids is 1. The fraction of sp³-hybridized carbons (Fsp3) is 0.211. The lowest BCUT2D eigenvalue weighted by molar-refractivity contribution is 0.0942. The molecule has 1 amide bonds. The van der Waals surface area contributed by atoms with Gasteiger partial charge in [-0.2, -0.15) is 0 Å². The van der Waals surface area contributed by atoms with E-state index in [1.165, 1.54) is 0 Å². The second-order valence-electron chi connectivity index (χ2n) is 5.87. The summed E-state index contributed by atoms with van der Waals surface area (Å²) in [4.78, 5) is 20.9. The molecule has 0 atom stereocenters. The van der Waals surface area contributed by atoms with Crippen LogP contribution in [0.25, 0.3) is 0 Å². The number of methoxy groups -OCH3 is 1. The molecule has 3 rings (SSSR count). The number of halogens is 1. The molecule has 1 aromatic carbocycles. The van der Waals surface area contributed by atoms with Gasteiger partial charge < -0.3 is 19.8 Å². The van der Waals surface area contributed by atoms with Gasteiger partial charge in [0.2, 0.25) is 0 Å². The number of furan rings is 1. The third kappa shape index (κ3) is 4.57. The van der Waals surface area contributed by atoms with E-state index in [2.05, 4.69) is 20.6 Å². The number of rotatable bonds is 6. The number of nitrogens with zero attached hydrogens (tertiary/aromatic N) is 2. The molecule has 2 heterocycles. The third-order valence-electron chi connectivity index (χ3n) is 3.82. The highest BCUT2D eigenvalue weighted by molar-refractivity contribution is 6.31. The van der Waals surface area contributed by atoms with Crippen molar-refractivity contribution in [3.05, 3.63) is 64.5 Å². The zero-order valence-electron chi connectivity index (χ0n) is 15.2. The van der Waals surface area contributed by atoms with Crippen LogP contribution in [0.2, 0.25) is 5.02 Å². The molecule has 3 aromatic rings. The molecule has 0 aliphatic carbocycles. The highest BCUT2D eigenvalue weighted by Crippen LogP contribution is 2.32. The van der Waals surface area contributed by atoms with Crippen LogP contribution >= 0.6 is 11.6 Å². The number of ether oxygens (including phenoxy) is 1. The van der Waals surface area contributed by atoms with Gasteiger partial charge in [-0.05, 0) is 37.6 Å². The zero-order chi connectivity index (χ0) is 19.4. The number of hydrogen-bond donors (Lipinski definition) is 2. The van der Waals surface area contributed by atoms with E-state index in [-0.39, 0.29) is 18.1 Å². The van der Waals surface area contributed by atoms with Crippen LogP contribution < -0.4 is 15.4 Å². The number of amides is 1. The van der Waals surface area contributed by atoms with Crippen molar-refractivity contribution in [3.8, 4) is 5.75 Å². The van der Waals surface area contributed by atoms with E-state index in [1.807, 2.05) is 13.0 Å². The van der Waals surface area contributed by atoms with Gasteiger partial charge in [0.1, 0.15) is 28.8 Å². The Bertz CT molecular complexity index is 958. The molecule has 2 N–H and O–H groups in total. The van der Waals surface area contributed by atoms with Crippen molar-refractivity contribution in [3.63, 3.8) is 0 Å². The number of anilines is 2. The lowest BCUT2D eigenvalue weighted by Gasteiger charge is -2.13. The number of aryl methyl sites for hydroxylation is 2. The van der Waals surface area contributed by atoms with Crippen LogP contribution in [-0.4, -0.2) is 23.0 Å². The number of aromatic nitrogens is 2. The fourth-order valence-corrected chi connectivity index (χ4v) is 2.64. The molecule has 0 aliphatic heterocycles. The predicted octanol–water partition coefficient (Wildman–Crippen LogP) is 4.02. The highest BCUT2D eigenvalue weighted by Gasteiger charge is 2.13. The monoisotopic (exact) mass is 386 g/mol. The molecule has 0 saturated heterocycles. The molecule has 0 aliphatic rings.